The Kier molecular flexibility index (Phi) is 16.1. The zero-order chi connectivity index (χ0) is 9.23. The molecule has 0 saturated heterocycles. The van der Waals surface area contributed by atoms with E-state index in [0.29, 0.717) is 6.42 Å². The molecule has 0 aliphatic carbocycles. The van der Waals surface area contributed by atoms with E-state index in [-0.39, 0.29) is 41.3 Å². The van der Waals surface area contributed by atoms with Crippen LogP contribution in [0.3, 0.4) is 0 Å². The molecule has 0 aromatic heterocycles. The third kappa shape index (κ3) is 15.6. The second-order valence-electron chi connectivity index (χ2n) is 3.27. The fraction of sp³-hybridized carbons (Fsp3) is 0.900. The van der Waals surface area contributed by atoms with Crippen molar-refractivity contribution in [2.24, 2.45) is 0 Å². The first-order chi connectivity index (χ1) is 5.77. The van der Waals surface area contributed by atoms with E-state index in [0.717, 1.165) is 12.8 Å². The Balaban J connectivity index is 0. The average molecular weight is 313 g/mol. The summed E-state index contributed by atoms with van der Waals surface area (Å²) in [6, 6.07) is 0. The summed E-state index contributed by atoms with van der Waals surface area (Å²) >= 11 is 0. The Labute approximate surface area is 114 Å². The summed E-state index contributed by atoms with van der Waals surface area (Å²) in [5, 5.41) is 8.35. The monoisotopic (exact) mass is 313 g/mol. The SMILES string of the molecule is CCCCCCCCCC(=O)O.[Pr]. The second kappa shape index (κ2) is 12.8. The molecule has 0 aromatic carbocycles. The molecule has 1 radical (unpaired) electrons. The number of carbonyl (C=O) groups is 1. The van der Waals surface area contributed by atoms with E-state index in [2.05, 4.69) is 6.92 Å². The predicted octanol–water partition coefficient (Wildman–Crippen LogP) is 3.21. The number of unbranched alkanes of at least 4 members (excludes halogenated alkanes) is 6. The van der Waals surface area contributed by atoms with Crippen LogP contribution in [0.5, 0.6) is 0 Å². The van der Waals surface area contributed by atoms with Crippen LogP contribution < -0.4 is 0 Å². The van der Waals surface area contributed by atoms with E-state index in [1.54, 1.807) is 0 Å². The minimum atomic E-state index is -0.663. The van der Waals surface area contributed by atoms with Gasteiger partial charge >= 0.3 is 5.97 Å². The van der Waals surface area contributed by atoms with Crippen molar-refractivity contribution in [3.05, 3.63) is 0 Å². The Morgan fingerprint density at radius 2 is 1.46 bits per heavy atom. The summed E-state index contributed by atoms with van der Waals surface area (Å²) in [4.78, 5) is 10.1. The van der Waals surface area contributed by atoms with Gasteiger partial charge in [-0.25, -0.2) is 0 Å². The van der Waals surface area contributed by atoms with Crippen molar-refractivity contribution in [2.45, 2.75) is 58.3 Å². The van der Waals surface area contributed by atoms with Gasteiger partial charge in [-0.05, 0) is 6.42 Å². The summed E-state index contributed by atoms with van der Waals surface area (Å²) in [6.45, 7) is 2.20. The molecule has 13 heavy (non-hydrogen) atoms. The minimum absolute atomic E-state index is 0. The van der Waals surface area contributed by atoms with Crippen LogP contribution in [0.25, 0.3) is 0 Å². The van der Waals surface area contributed by atoms with Crippen LogP contribution in [0, 0.1) is 41.3 Å². The molecule has 0 unspecified atom stereocenters. The predicted molar refractivity (Wildman–Crippen MR) is 50.2 cm³/mol. The normalized spacial score (nSPS) is 9.31. The van der Waals surface area contributed by atoms with Crippen LogP contribution in [0.1, 0.15) is 58.3 Å². The van der Waals surface area contributed by atoms with E-state index < -0.39 is 5.97 Å². The standard InChI is InChI=1S/C10H20O2.Pr/c1-2-3-4-5-6-7-8-9-10(11)12;/h2-9H2,1H3,(H,11,12);. The number of hydrogen-bond donors (Lipinski definition) is 1. The van der Waals surface area contributed by atoms with Crippen molar-refractivity contribution in [1.29, 1.82) is 0 Å². The molecule has 75 valence electrons. The Hall–Kier alpha value is 0.834. The van der Waals surface area contributed by atoms with Crippen LogP contribution in [0.4, 0.5) is 0 Å². The summed E-state index contributed by atoms with van der Waals surface area (Å²) in [5.74, 6) is -0.663. The Morgan fingerprint density at radius 1 is 1.00 bits per heavy atom. The maximum atomic E-state index is 10.1. The van der Waals surface area contributed by atoms with Crippen LogP contribution in [0.2, 0.25) is 0 Å². The van der Waals surface area contributed by atoms with E-state index in [9.17, 15) is 4.79 Å². The quantitative estimate of drug-likeness (QED) is 0.699. The third-order valence-electron chi connectivity index (χ3n) is 1.99. The molecule has 2 nitrogen and oxygen atoms in total. The van der Waals surface area contributed by atoms with Gasteiger partial charge in [0.05, 0.1) is 0 Å². The largest absolute Gasteiger partial charge is 0.481 e. The zero-order valence-electron chi connectivity index (χ0n) is 8.59. The van der Waals surface area contributed by atoms with Crippen LogP contribution in [0.15, 0.2) is 0 Å². The minimum Gasteiger partial charge on any atom is -0.481 e. The molecule has 0 spiro atoms. The topological polar surface area (TPSA) is 37.3 Å². The van der Waals surface area contributed by atoms with Crippen molar-refractivity contribution in [1.82, 2.24) is 0 Å². The van der Waals surface area contributed by atoms with Crippen molar-refractivity contribution < 1.29 is 51.2 Å². The number of carboxylic acid groups (broad SMARTS) is 1. The van der Waals surface area contributed by atoms with E-state index in [1.165, 1.54) is 32.1 Å². The molecule has 0 rings (SSSR count). The molecule has 3 heteroatoms. The Bertz CT molecular complexity index is 115. The summed E-state index contributed by atoms with van der Waals surface area (Å²) in [7, 11) is 0. The zero-order valence-corrected chi connectivity index (χ0v) is 12.3. The van der Waals surface area contributed by atoms with E-state index in [1.807, 2.05) is 0 Å². The maximum Gasteiger partial charge on any atom is 0.303 e. The molecular formula is C10H20O2Pr. The van der Waals surface area contributed by atoms with Crippen molar-refractivity contribution >= 4 is 5.97 Å². The van der Waals surface area contributed by atoms with Gasteiger partial charge in [0.15, 0.2) is 0 Å². The van der Waals surface area contributed by atoms with Crippen LogP contribution in [-0.2, 0) is 4.79 Å². The number of carboxylic acids is 1. The third-order valence-corrected chi connectivity index (χ3v) is 1.99. The number of hydrogen-bond acceptors (Lipinski definition) is 1. The van der Waals surface area contributed by atoms with Gasteiger partial charge in [-0.3, -0.25) is 4.79 Å². The van der Waals surface area contributed by atoms with Gasteiger partial charge in [-0.15, -0.1) is 0 Å². The molecule has 1 N–H and O–H groups in total. The molecule has 0 fully saturated rings. The fourth-order valence-electron chi connectivity index (χ4n) is 1.23. The average Bonchev–Trinajstić information content (AvgIpc) is 2.02. The van der Waals surface area contributed by atoms with Gasteiger partial charge in [0.2, 0.25) is 0 Å². The smallest absolute Gasteiger partial charge is 0.303 e. The molecular weight excluding hydrogens is 293 g/mol. The number of rotatable bonds is 8. The fourth-order valence-corrected chi connectivity index (χ4v) is 1.23. The molecule has 0 bridgehead atoms. The summed E-state index contributed by atoms with van der Waals surface area (Å²) in [6.07, 6.45) is 8.64. The van der Waals surface area contributed by atoms with Gasteiger partial charge in [-0.1, -0.05) is 45.4 Å². The first kappa shape index (κ1) is 16.3. The van der Waals surface area contributed by atoms with Gasteiger partial charge in [0, 0.05) is 47.7 Å². The first-order valence-corrected chi connectivity index (χ1v) is 4.99. The summed E-state index contributed by atoms with van der Waals surface area (Å²) in [5.41, 5.74) is 0. The van der Waals surface area contributed by atoms with Gasteiger partial charge in [-0.2, -0.15) is 0 Å². The summed E-state index contributed by atoms with van der Waals surface area (Å²) < 4.78 is 0. The second-order valence-corrected chi connectivity index (χ2v) is 3.27. The molecule has 0 saturated carbocycles. The van der Waals surface area contributed by atoms with Crippen molar-refractivity contribution in [3.8, 4) is 0 Å². The number of aliphatic carboxylic acids is 1. The van der Waals surface area contributed by atoms with Gasteiger partial charge in [0.1, 0.15) is 0 Å². The van der Waals surface area contributed by atoms with Gasteiger partial charge in [0.25, 0.3) is 0 Å². The molecule has 0 aliphatic rings. The molecule has 0 aromatic rings. The van der Waals surface area contributed by atoms with Crippen molar-refractivity contribution in [3.63, 3.8) is 0 Å². The van der Waals surface area contributed by atoms with E-state index in [4.69, 9.17) is 5.11 Å². The maximum absolute atomic E-state index is 10.1. The molecule has 0 amide bonds. The van der Waals surface area contributed by atoms with Crippen LogP contribution >= 0.6 is 0 Å². The molecule has 0 atom stereocenters. The molecule has 0 heterocycles. The van der Waals surface area contributed by atoms with E-state index >= 15 is 0 Å². The molecule has 0 aliphatic heterocycles. The first-order valence-electron chi connectivity index (χ1n) is 4.99. The van der Waals surface area contributed by atoms with Gasteiger partial charge < -0.3 is 5.11 Å². The van der Waals surface area contributed by atoms with Crippen LogP contribution in [-0.4, -0.2) is 11.1 Å². The Morgan fingerprint density at radius 3 is 1.92 bits per heavy atom. The van der Waals surface area contributed by atoms with Crippen molar-refractivity contribution in [2.75, 3.05) is 0 Å².